The zero-order chi connectivity index (χ0) is 18.2. The fourth-order valence-electron chi connectivity index (χ4n) is 1.85. The molecule has 9 nitrogen and oxygen atoms in total. The van der Waals surface area contributed by atoms with Gasteiger partial charge in [-0.05, 0) is 12.1 Å². The number of hydrogen-bond donors (Lipinski definition) is 0. The molecule has 12 heteroatoms. The van der Waals surface area contributed by atoms with Gasteiger partial charge in [0.1, 0.15) is 5.69 Å². The number of aromatic nitrogens is 6. The molecule has 0 aliphatic heterocycles. The van der Waals surface area contributed by atoms with Crippen molar-refractivity contribution in [2.75, 3.05) is 14.1 Å². The van der Waals surface area contributed by atoms with E-state index in [-0.39, 0.29) is 22.8 Å². The minimum Gasteiger partial charge on any atom is -0.329 e. The van der Waals surface area contributed by atoms with Crippen LogP contribution in [0, 0.1) is 0 Å². The molecule has 3 rings (SSSR count). The number of carbonyl (C=O) groups is 1. The Morgan fingerprint density at radius 2 is 2.04 bits per heavy atom. The summed E-state index contributed by atoms with van der Waals surface area (Å²) >= 11 is 0. The van der Waals surface area contributed by atoms with Crippen molar-refractivity contribution in [2.45, 2.75) is 6.18 Å². The van der Waals surface area contributed by atoms with Crippen molar-refractivity contribution in [1.82, 2.24) is 35.0 Å². The Kier molecular flexibility index (Phi) is 3.94. The van der Waals surface area contributed by atoms with Crippen LogP contribution in [-0.4, -0.2) is 55.1 Å². The Balaban J connectivity index is 1.92. The van der Waals surface area contributed by atoms with E-state index in [9.17, 15) is 18.0 Å². The molecule has 0 unspecified atom stereocenters. The average Bonchev–Trinajstić information content (AvgIpc) is 3.23. The summed E-state index contributed by atoms with van der Waals surface area (Å²) in [5, 5.41) is 10.8. The van der Waals surface area contributed by atoms with Gasteiger partial charge in [-0.3, -0.25) is 4.98 Å². The van der Waals surface area contributed by atoms with Gasteiger partial charge in [-0.1, -0.05) is 10.4 Å². The first-order valence-electron chi connectivity index (χ1n) is 6.77. The quantitative estimate of drug-likeness (QED) is 0.693. The molecule has 1 amide bonds. The van der Waals surface area contributed by atoms with Crippen LogP contribution in [0.15, 0.2) is 29.0 Å². The van der Waals surface area contributed by atoms with Crippen molar-refractivity contribution in [1.29, 1.82) is 0 Å². The van der Waals surface area contributed by atoms with Gasteiger partial charge >= 0.3 is 18.1 Å². The van der Waals surface area contributed by atoms with E-state index in [1.165, 1.54) is 29.4 Å². The average molecular weight is 353 g/mol. The highest BCUT2D eigenvalue weighted by Gasteiger charge is 2.38. The SMILES string of the molecule is CN(C)C(=O)n1cc(-c2cc(-c3noc(C(F)(F)F)n3)ccn2)nn1. The van der Waals surface area contributed by atoms with E-state index in [0.717, 1.165) is 4.68 Å². The number of carbonyl (C=O) groups excluding carboxylic acids is 1. The van der Waals surface area contributed by atoms with Crippen molar-refractivity contribution < 1.29 is 22.5 Å². The van der Waals surface area contributed by atoms with Gasteiger partial charge in [-0.2, -0.15) is 22.8 Å². The summed E-state index contributed by atoms with van der Waals surface area (Å²) in [6, 6.07) is 2.42. The first-order valence-corrected chi connectivity index (χ1v) is 6.77. The van der Waals surface area contributed by atoms with Crippen molar-refractivity contribution in [3.8, 4) is 22.8 Å². The first-order chi connectivity index (χ1) is 11.8. The molecule has 0 spiro atoms. The van der Waals surface area contributed by atoms with E-state index in [4.69, 9.17) is 0 Å². The standard InChI is InChI=1S/C13H10F3N7O2/c1-22(2)12(24)23-6-9(19-21-23)8-5-7(3-4-17-8)10-18-11(25-20-10)13(14,15)16/h3-6H,1-2H3. The number of rotatable bonds is 2. The molecule has 3 heterocycles. The molecule has 3 aromatic heterocycles. The van der Waals surface area contributed by atoms with Gasteiger partial charge in [-0.15, -0.1) is 5.10 Å². The van der Waals surface area contributed by atoms with E-state index in [1.807, 2.05) is 0 Å². The van der Waals surface area contributed by atoms with Gasteiger partial charge in [0.25, 0.3) is 0 Å². The highest BCUT2D eigenvalue weighted by molar-refractivity contribution is 5.76. The number of amides is 1. The van der Waals surface area contributed by atoms with Gasteiger partial charge in [-0.25, -0.2) is 4.79 Å². The molecular formula is C13H10F3N7O2. The van der Waals surface area contributed by atoms with E-state index in [2.05, 4.69) is 30.0 Å². The summed E-state index contributed by atoms with van der Waals surface area (Å²) < 4.78 is 42.8. The van der Waals surface area contributed by atoms with Crippen LogP contribution in [0.25, 0.3) is 22.8 Å². The minimum absolute atomic E-state index is 0.243. The fourth-order valence-corrected chi connectivity index (χ4v) is 1.85. The van der Waals surface area contributed by atoms with Gasteiger partial charge in [0, 0.05) is 25.9 Å². The predicted molar refractivity (Wildman–Crippen MR) is 76.0 cm³/mol. The van der Waals surface area contributed by atoms with Crippen LogP contribution in [0.3, 0.4) is 0 Å². The van der Waals surface area contributed by atoms with Crippen LogP contribution < -0.4 is 0 Å². The minimum atomic E-state index is -4.73. The number of halogens is 3. The third kappa shape index (κ3) is 3.32. The summed E-state index contributed by atoms with van der Waals surface area (Å²) in [5.74, 6) is -1.68. The smallest absolute Gasteiger partial charge is 0.329 e. The molecule has 0 aliphatic carbocycles. The first kappa shape index (κ1) is 16.5. The molecule has 0 saturated heterocycles. The predicted octanol–water partition coefficient (Wildman–Crippen LogP) is 1.94. The fraction of sp³-hybridized carbons (Fsp3) is 0.231. The topological polar surface area (TPSA) is 103 Å². The second-order valence-electron chi connectivity index (χ2n) is 5.08. The Hall–Kier alpha value is -3.31. The van der Waals surface area contributed by atoms with Gasteiger partial charge in [0.2, 0.25) is 5.82 Å². The molecule has 0 radical (unpaired) electrons. The van der Waals surface area contributed by atoms with Crippen LogP contribution >= 0.6 is 0 Å². The van der Waals surface area contributed by atoms with Gasteiger partial charge in [0.15, 0.2) is 0 Å². The van der Waals surface area contributed by atoms with Crippen LogP contribution in [0.5, 0.6) is 0 Å². The molecule has 0 atom stereocenters. The number of pyridine rings is 1. The van der Waals surface area contributed by atoms with Crippen molar-refractivity contribution in [2.24, 2.45) is 0 Å². The Morgan fingerprint density at radius 1 is 1.28 bits per heavy atom. The number of hydrogen-bond acceptors (Lipinski definition) is 7. The second kappa shape index (κ2) is 5.96. The lowest BCUT2D eigenvalue weighted by Gasteiger charge is -2.07. The molecule has 0 fully saturated rings. The molecule has 0 bridgehead atoms. The Morgan fingerprint density at radius 3 is 2.68 bits per heavy atom. The second-order valence-corrected chi connectivity index (χ2v) is 5.08. The van der Waals surface area contributed by atoms with Gasteiger partial charge in [0.05, 0.1) is 11.9 Å². The molecule has 3 aromatic rings. The van der Waals surface area contributed by atoms with E-state index >= 15 is 0 Å². The van der Waals surface area contributed by atoms with Crippen LogP contribution in [0.1, 0.15) is 5.89 Å². The van der Waals surface area contributed by atoms with Gasteiger partial charge < -0.3 is 9.42 Å². The van der Waals surface area contributed by atoms with Crippen LogP contribution in [-0.2, 0) is 6.18 Å². The third-order valence-corrected chi connectivity index (χ3v) is 3.02. The van der Waals surface area contributed by atoms with Crippen molar-refractivity contribution in [3.63, 3.8) is 0 Å². The van der Waals surface area contributed by atoms with Crippen molar-refractivity contribution >= 4 is 6.03 Å². The maximum atomic E-state index is 12.5. The summed E-state index contributed by atoms with van der Waals surface area (Å²) in [7, 11) is 3.11. The third-order valence-electron chi connectivity index (χ3n) is 3.02. The summed E-state index contributed by atoms with van der Waals surface area (Å²) in [6.45, 7) is 0. The summed E-state index contributed by atoms with van der Waals surface area (Å²) in [4.78, 5) is 20.5. The molecular weight excluding hydrogens is 343 g/mol. The molecule has 130 valence electrons. The van der Waals surface area contributed by atoms with E-state index in [1.54, 1.807) is 14.1 Å². The highest BCUT2D eigenvalue weighted by atomic mass is 19.4. The van der Waals surface area contributed by atoms with E-state index in [0.29, 0.717) is 0 Å². The molecule has 0 aromatic carbocycles. The largest absolute Gasteiger partial charge is 0.471 e. The van der Waals surface area contributed by atoms with Crippen LogP contribution in [0.2, 0.25) is 0 Å². The summed E-state index contributed by atoms with van der Waals surface area (Å²) in [6.07, 6.45) is -2.02. The van der Waals surface area contributed by atoms with Crippen LogP contribution in [0.4, 0.5) is 18.0 Å². The zero-order valence-electron chi connectivity index (χ0n) is 12.9. The normalized spacial score (nSPS) is 11.6. The zero-order valence-corrected chi connectivity index (χ0v) is 12.9. The lowest BCUT2D eigenvalue weighted by Crippen LogP contribution is -2.27. The number of nitrogens with zero attached hydrogens (tertiary/aromatic N) is 7. The maximum absolute atomic E-state index is 12.5. The Bertz CT molecular complexity index is 916. The molecule has 0 saturated carbocycles. The number of alkyl halides is 3. The highest BCUT2D eigenvalue weighted by Crippen LogP contribution is 2.29. The lowest BCUT2D eigenvalue weighted by atomic mass is 10.2. The van der Waals surface area contributed by atoms with E-state index < -0.39 is 18.1 Å². The molecule has 0 N–H and O–H groups in total. The molecule has 0 aliphatic rings. The Labute approximate surface area is 138 Å². The summed E-state index contributed by atoms with van der Waals surface area (Å²) in [5.41, 5.74) is 0.794. The lowest BCUT2D eigenvalue weighted by molar-refractivity contribution is -0.159. The van der Waals surface area contributed by atoms with Crippen molar-refractivity contribution in [3.05, 3.63) is 30.4 Å². The molecule has 25 heavy (non-hydrogen) atoms. The monoisotopic (exact) mass is 353 g/mol. The maximum Gasteiger partial charge on any atom is 0.471 e.